The van der Waals surface area contributed by atoms with Crippen LogP contribution in [0.15, 0.2) is 0 Å². The predicted octanol–water partition coefficient (Wildman–Crippen LogP) is 0.0560. The van der Waals surface area contributed by atoms with E-state index in [1.54, 1.807) is 0 Å². The number of hydrogen-bond acceptors (Lipinski definition) is 3. The Morgan fingerprint density at radius 2 is 2.43 bits per heavy atom. The summed E-state index contributed by atoms with van der Waals surface area (Å²) in [6.07, 6.45) is 2.53. The van der Waals surface area contributed by atoms with E-state index in [1.807, 2.05) is 6.92 Å². The second-order valence-corrected chi connectivity index (χ2v) is 3.68. The first-order chi connectivity index (χ1) is 6.86. The largest absolute Gasteiger partial charge is 0.395 e. The molecule has 0 bridgehead atoms. The Hall–Kier alpha value is -0.560. The molecule has 0 amide bonds. The number of aliphatic hydroxyl groups excluding tert-OH is 1. The van der Waals surface area contributed by atoms with Crippen LogP contribution in [0.2, 0.25) is 0 Å². The minimum Gasteiger partial charge on any atom is -0.395 e. The molecule has 2 N–H and O–H groups in total. The molecule has 0 aliphatic carbocycles. The predicted molar refractivity (Wildman–Crippen MR) is 58.0 cm³/mol. The molecule has 14 heavy (non-hydrogen) atoms. The Morgan fingerprint density at radius 1 is 1.57 bits per heavy atom. The van der Waals surface area contributed by atoms with Gasteiger partial charge in [0.15, 0.2) is 0 Å². The number of nitrogens with zero attached hydrogens (tertiary/aromatic N) is 1. The lowest BCUT2D eigenvalue weighted by atomic mass is 10.2. The highest BCUT2D eigenvalue weighted by Gasteiger charge is 2.16. The molecule has 1 aliphatic heterocycles. The maximum atomic E-state index is 8.90. The lowest BCUT2D eigenvalue weighted by molar-refractivity contribution is 0.199. The third kappa shape index (κ3) is 4.10. The van der Waals surface area contributed by atoms with Crippen molar-refractivity contribution in [2.45, 2.75) is 25.8 Å². The van der Waals surface area contributed by atoms with Crippen molar-refractivity contribution >= 4 is 0 Å². The van der Waals surface area contributed by atoms with Crippen LogP contribution in [0.3, 0.4) is 0 Å². The smallest absolute Gasteiger partial charge is 0.0602 e. The Balaban J connectivity index is 2.27. The number of hydrogen-bond donors (Lipinski definition) is 2. The zero-order valence-corrected chi connectivity index (χ0v) is 8.92. The summed E-state index contributed by atoms with van der Waals surface area (Å²) in [4.78, 5) is 2.21. The average molecular weight is 196 g/mol. The van der Waals surface area contributed by atoms with Gasteiger partial charge in [0.25, 0.3) is 0 Å². The van der Waals surface area contributed by atoms with Crippen molar-refractivity contribution in [1.29, 1.82) is 0 Å². The van der Waals surface area contributed by atoms with Gasteiger partial charge in [0.05, 0.1) is 13.2 Å². The van der Waals surface area contributed by atoms with Crippen LogP contribution in [0, 0.1) is 11.8 Å². The maximum absolute atomic E-state index is 8.90. The molecule has 1 atom stereocenters. The summed E-state index contributed by atoms with van der Waals surface area (Å²) in [5, 5.41) is 12.4. The molecular weight excluding hydrogens is 176 g/mol. The first-order valence-corrected chi connectivity index (χ1v) is 5.33. The summed E-state index contributed by atoms with van der Waals surface area (Å²) in [5.74, 6) is 5.93. The van der Waals surface area contributed by atoms with Gasteiger partial charge in [0, 0.05) is 19.1 Å². The van der Waals surface area contributed by atoms with E-state index in [1.165, 1.54) is 12.8 Å². The quantitative estimate of drug-likeness (QED) is 0.610. The number of rotatable bonds is 5. The van der Waals surface area contributed by atoms with E-state index in [0.29, 0.717) is 6.04 Å². The molecule has 1 rings (SSSR count). The van der Waals surface area contributed by atoms with Crippen molar-refractivity contribution in [3.63, 3.8) is 0 Å². The van der Waals surface area contributed by atoms with Gasteiger partial charge in [-0.1, -0.05) is 5.92 Å². The fourth-order valence-corrected chi connectivity index (χ4v) is 1.79. The van der Waals surface area contributed by atoms with Crippen LogP contribution in [0.5, 0.6) is 0 Å². The molecule has 1 unspecified atom stereocenters. The van der Waals surface area contributed by atoms with E-state index in [0.717, 1.165) is 26.2 Å². The highest BCUT2D eigenvalue weighted by molar-refractivity contribution is 4.98. The molecule has 1 aliphatic rings. The molecule has 1 heterocycles. The molecule has 0 aromatic heterocycles. The van der Waals surface area contributed by atoms with E-state index in [2.05, 4.69) is 22.1 Å². The van der Waals surface area contributed by atoms with Gasteiger partial charge < -0.3 is 10.4 Å². The standard InChI is InChI=1S/C11H20N2O/c1-2-3-7-13(8-9-14)10-11-5-4-6-12-11/h11-12,14H,4-10H2,1H3. The lowest BCUT2D eigenvalue weighted by Gasteiger charge is -2.22. The van der Waals surface area contributed by atoms with Crippen molar-refractivity contribution in [2.75, 3.05) is 32.8 Å². The van der Waals surface area contributed by atoms with Gasteiger partial charge in [-0.15, -0.1) is 5.92 Å². The summed E-state index contributed by atoms with van der Waals surface area (Å²) in [5.41, 5.74) is 0. The monoisotopic (exact) mass is 196 g/mol. The first-order valence-electron chi connectivity index (χ1n) is 5.33. The molecule has 0 aromatic rings. The summed E-state index contributed by atoms with van der Waals surface area (Å²) in [6, 6.07) is 0.597. The average Bonchev–Trinajstić information content (AvgIpc) is 2.67. The summed E-state index contributed by atoms with van der Waals surface area (Å²) < 4.78 is 0. The normalized spacial score (nSPS) is 20.9. The lowest BCUT2D eigenvalue weighted by Crippen LogP contribution is -2.39. The van der Waals surface area contributed by atoms with E-state index < -0.39 is 0 Å². The van der Waals surface area contributed by atoms with Gasteiger partial charge in [-0.05, 0) is 26.3 Å². The van der Waals surface area contributed by atoms with Gasteiger partial charge in [0.1, 0.15) is 0 Å². The third-order valence-corrected chi connectivity index (χ3v) is 2.54. The zero-order valence-electron chi connectivity index (χ0n) is 8.92. The van der Waals surface area contributed by atoms with Crippen LogP contribution in [-0.2, 0) is 0 Å². The van der Waals surface area contributed by atoms with Gasteiger partial charge in [-0.3, -0.25) is 4.90 Å². The van der Waals surface area contributed by atoms with E-state index in [9.17, 15) is 0 Å². The fourth-order valence-electron chi connectivity index (χ4n) is 1.79. The van der Waals surface area contributed by atoms with E-state index >= 15 is 0 Å². The second-order valence-electron chi connectivity index (χ2n) is 3.68. The number of nitrogens with one attached hydrogen (secondary N) is 1. The van der Waals surface area contributed by atoms with Crippen LogP contribution in [0.1, 0.15) is 19.8 Å². The third-order valence-electron chi connectivity index (χ3n) is 2.54. The summed E-state index contributed by atoms with van der Waals surface area (Å²) in [6.45, 7) is 5.72. The van der Waals surface area contributed by atoms with Crippen molar-refractivity contribution in [1.82, 2.24) is 10.2 Å². The molecule has 0 spiro atoms. The van der Waals surface area contributed by atoms with Crippen LogP contribution in [0.4, 0.5) is 0 Å². The van der Waals surface area contributed by atoms with Gasteiger partial charge in [0.2, 0.25) is 0 Å². The molecule has 80 valence electrons. The molecular formula is C11H20N2O. The molecule has 1 fully saturated rings. The molecule has 0 radical (unpaired) electrons. The molecule has 3 nitrogen and oxygen atoms in total. The highest BCUT2D eigenvalue weighted by atomic mass is 16.3. The van der Waals surface area contributed by atoms with Gasteiger partial charge in [-0.2, -0.15) is 0 Å². The van der Waals surface area contributed by atoms with Crippen LogP contribution < -0.4 is 5.32 Å². The molecule has 0 aromatic carbocycles. The van der Waals surface area contributed by atoms with E-state index in [4.69, 9.17) is 5.11 Å². The minimum atomic E-state index is 0.220. The molecule has 0 saturated carbocycles. The Morgan fingerprint density at radius 3 is 3.00 bits per heavy atom. The van der Waals surface area contributed by atoms with Crippen LogP contribution >= 0.6 is 0 Å². The summed E-state index contributed by atoms with van der Waals surface area (Å²) >= 11 is 0. The van der Waals surface area contributed by atoms with Crippen molar-refractivity contribution in [3.8, 4) is 11.8 Å². The van der Waals surface area contributed by atoms with Crippen molar-refractivity contribution < 1.29 is 5.11 Å². The fraction of sp³-hybridized carbons (Fsp3) is 0.818. The molecule has 3 heteroatoms. The van der Waals surface area contributed by atoms with Crippen molar-refractivity contribution in [2.24, 2.45) is 0 Å². The van der Waals surface area contributed by atoms with Crippen LogP contribution in [-0.4, -0.2) is 48.8 Å². The van der Waals surface area contributed by atoms with Crippen molar-refractivity contribution in [3.05, 3.63) is 0 Å². The Labute approximate surface area is 86.5 Å². The zero-order chi connectivity index (χ0) is 10.2. The van der Waals surface area contributed by atoms with Gasteiger partial charge in [-0.25, -0.2) is 0 Å². The van der Waals surface area contributed by atoms with E-state index in [-0.39, 0.29) is 6.61 Å². The molecule has 1 saturated heterocycles. The second kappa shape index (κ2) is 6.83. The van der Waals surface area contributed by atoms with Gasteiger partial charge >= 0.3 is 0 Å². The van der Waals surface area contributed by atoms with Crippen LogP contribution in [0.25, 0.3) is 0 Å². The number of aliphatic hydroxyl groups is 1. The highest BCUT2D eigenvalue weighted by Crippen LogP contribution is 2.06. The minimum absolute atomic E-state index is 0.220. The Kier molecular flexibility index (Phi) is 5.62. The topological polar surface area (TPSA) is 35.5 Å². The maximum Gasteiger partial charge on any atom is 0.0602 e. The first kappa shape index (κ1) is 11.5. The Bertz CT molecular complexity index is 201. The SMILES string of the molecule is CC#CCN(CCO)CC1CCCN1. The summed E-state index contributed by atoms with van der Waals surface area (Å²) in [7, 11) is 0.